The van der Waals surface area contributed by atoms with Crippen LogP contribution in [0.4, 0.5) is 0 Å². The highest BCUT2D eigenvalue weighted by Crippen LogP contribution is 2.30. The molecule has 0 N–H and O–H groups in total. The molecule has 2 nitrogen and oxygen atoms in total. The van der Waals surface area contributed by atoms with E-state index in [0.717, 1.165) is 37.7 Å². The molecule has 0 saturated carbocycles. The molecule has 0 spiro atoms. The van der Waals surface area contributed by atoms with Crippen LogP contribution in [-0.2, 0) is 0 Å². The lowest BCUT2D eigenvalue weighted by Gasteiger charge is -2.39. The van der Waals surface area contributed by atoms with E-state index in [-0.39, 0.29) is 0 Å². The summed E-state index contributed by atoms with van der Waals surface area (Å²) >= 11 is 6.05. The zero-order valence-corrected chi connectivity index (χ0v) is 20.4. The molecule has 0 radical (unpaired) electrons. The van der Waals surface area contributed by atoms with Gasteiger partial charge in [0, 0.05) is 43.8 Å². The molecule has 1 fully saturated rings. The van der Waals surface area contributed by atoms with E-state index in [1.54, 1.807) is 0 Å². The molecule has 33 heavy (non-hydrogen) atoms. The number of hydrogen-bond acceptors (Lipinski definition) is 2. The Morgan fingerprint density at radius 1 is 0.818 bits per heavy atom. The Hall–Kier alpha value is -2.39. The third-order valence-electron chi connectivity index (χ3n) is 6.63. The van der Waals surface area contributed by atoms with E-state index in [2.05, 4.69) is 95.6 Å². The Bertz CT molecular complexity index is 988. The van der Waals surface area contributed by atoms with Crippen LogP contribution in [0.25, 0.3) is 17.2 Å². The molecule has 1 atom stereocenters. The summed E-state index contributed by atoms with van der Waals surface area (Å²) < 4.78 is 0. The monoisotopic (exact) mass is 458 g/mol. The van der Waals surface area contributed by atoms with Crippen LogP contribution >= 0.6 is 11.6 Å². The second kappa shape index (κ2) is 12.2. The molecule has 1 unspecified atom stereocenters. The quantitative estimate of drug-likeness (QED) is 0.326. The van der Waals surface area contributed by atoms with Crippen LogP contribution in [0.15, 0.2) is 84.9 Å². The van der Waals surface area contributed by atoms with Crippen LogP contribution in [0.1, 0.15) is 43.4 Å². The Morgan fingerprint density at radius 3 is 2.09 bits per heavy atom. The van der Waals surface area contributed by atoms with E-state index in [0.29, 0.717) is 6.04 Å². The lowest BCUT2D eigenvalue weighted by Crippen LogP contribution is -2.47. The molecule has 3 heteroatoms. The lowest BCUT2D eigenvalue weighted by molar-refractivity contribution is 0.0975. The number of halogens is 1. The van der Waals surface area contributed by atoms with E-state index in [4.69, 9.17) is 11.6 Å². The molecular weight excluding hydrogens is 424 g/mol. The Kier molecular flexibility index (Phi) is 8.77. The molecule has 1 aliphatic heterocycles. The highest BCUT2D eigenvalue weighted by atomic mass is 35.5. The van der Waals surface area contributed by atoms with Gasteiger partial charge in [-0.05, 0) is 40.8 Å². The molecule has 1 heterocycles. The highest BCUT2D eigenvalue weighted by Gasteiger charge is 2.24. The predicted molar refractivity (Wildman–Crippen MR) is 143 cm³/mol. The molecule has 0 aromatic heterocycles. The lowest BCUT2D eigenvalue weighted by atomic mass is 9.96. The average molecular weight is 459 g/mol. The molecular formula is C30H35ClN2. The van der Waals surface area contributed by atoms with Crippen molar-refractivity contribution in [3.8, 4) is 11.1 Å². The van der Waals surface area contributed by atoms with Crippen LogP contribution in [0.5, 0.6) is 0 Å². The fourth-order valence-electron chi connectivity index (χ4n) is 4.66. The van der Waals surface area contributed by atoms with Gasteiger partial charge in [0.15, 0.2) is 0 Å². The van der Waals surface area contributed by atoms with Crippen LogP contribution in [0.2, 0.25) is 5.02 Å². The first kappa shape index (κ1) is 23.8. The summed E-state index contributed by atoms with van der Waals surface area (Å²) in [6.45, 7) is 7.84. The van der Waals surface area contributed by atoms with E-state index < -0.39 is 0 Å². The topological polar surface area (TPSA) is 6.48 Å². The summed E-state index contributed by atoms with van der Waals surface area (Å²) in [5.41, 5.74) is 5.18. The van der Waals surface area contributed by atoms with Gasteiger partial charge in [-0.1, -0.05) is 110 Å². The van der Waals surface area contributed by atoms with Gasteiger partial charge in [0.05, 0.1) is 0 Å². The molecule has 172 valence electrons. The average Bonchev–Trinajstić information content (AvgIpc) is 2.87. The van der Waals surface area contributed by atoms with E-state index in [9.17, 15) is 0 Å². The minimum absolute atomic E-state index is 0.506. The fraction of sp³-hybridized carbons (Fsp3) is 0.333. The van der Waals surface area contributed by atoms with Gasteiger partial charge in [-0.15, -0.1) is 0 Å². The molecule has 0 aliphatic carbocycles. The second-order valence-corrected chi connectivity index (χ2v) is 9.37. The molecule has 1 aliphatic rings. The van der Waals surface area contributed by atoms with Crippen molar-refractivity contribution in [2.75, 3.05) is 32.7 Å². The first-order valence-corrected chi connectivity index (χ1v) is 12.6. The van der Waals surface area contributed by atoms with Crippen molar-refractivity contribution in [3.05, 3.63) is 101 Å². The van der Waals surface area contributed by atoms with Gasteiger partial charge in [-0.25, -0.2) is 0 Å². The molecule has 0 amide bonds. The number of unbranched alkanes of at least 4 members (excludes halogenated alkanes) is 1. The highest BCUT2D eigenvalue weighted by molar-refractivity contribution is 6.30. The van der Waals surface area contributed by atoms with Crippen LogP contribution < -0.4 is 0 Å². The first-order valence-electron chi connectivity index (χ1n) is 12.3. The summed E-state index contributed by atoms with van der Waals surface area (Å²) in [6.07, 6.45) is 8.27. The van der Waals surface area contributed by atoms with Gasteiger partial charge in [-0.3, -0.25) is 9.80 Å². The minimum atomic E-state index is 0.506. The number of hydrogen-bond donors (Lipinski definition) is 0. The van der Waals surface area contributed by atoms with Crippen LogP contribution in [-0.4, -0.2) is 42.5 Å². The molecule has 4 rings (SSSR count). The third-order valence-corrected chi connectivity index (χ3v) is 6.88. The van der Waals surface area contributed by atoms with Crippen molar-refractivity contribution >= 4 is 17.7 Å². The van der Waals surface area contributed by atoms with Gasteiger partial charge in [-0.2, -0.15) is 0 Å². The SMILES string of the molecule is CCCCC(c1ccc(-c2ccc(Cl)cc2)cc1)N1CCN(CC=Cc2ccccc2)CC1. The number of piperazine rings is 1. The van der Waals surface area contributed by atoms with E-state index >= 15 is 0 Å². The second-order valence-electron chi connectivity index (χ2n) is 8.94. The maximum atomic E-state index is 6.05. The van der Waals surface area contributed by atoms with Gasteiger partial charge in [0.1, 0.15) is 0 Å². The summed E-state index contributed by atoms with van der Waals surface area (Å²) in [7, 11) is 0. The van der Waals surface area contributed by atoms with Crippen molar-refractivity contribution in [3.63, 3.8) is 0 Å². The summed E-state index contributed by atoms with van der Waals surface area (Å²) in [5, 5.41) is 0.782. The van der Waals surface area contributed by atoms with Crippen molar-refractivity contribution in [1.29, 1.82) is 0 Å². The van der Waals surface area contributed by atoms with Crippen molar-refractivity contribution < 1.29 is 0 Å². The minimum Gasteiger partial charge on any atom is -0.297 e. The first-order chi connectivity index (χ1) is 16.2. The van der Waals surface area contributed by atoms with E-state index in [1.165, 1.54) is 41.5 Å². The molecule has 0 bridgehead atoms. The number of benzene rings is 3. The van der Waals surface area contributed by atoms with Gasteiger partial charge in [0.2, 0.25) is 0 Å². The fourth-order valence-corrected chi connectivity index (χ4v) is 4.78. The zero-order chi connectivity index (χ0) is 22.9. The molecule has 3 aromatic carbocycles. The molecule has 3 aromatic rings. The van der Waals surface area contributed by atoms with Crippen LogP contribution in [0, 0.1) is 0 Å². The molecule has 1 saturated heterocycles. The summed E-state index contributed by atoms with van der Waals surface area (Å²) in [4.78, 5) is 5.26. The Labute approximate surface area is 204 Å². The van der Waals surface area contributed by atoms with Crippen LogP contribution in [0.3, 0.4) is 0 Å². The summed E-state index contributed by atoms with van der Waals surface area (Å²) in [6, 6.07) is 28.4. The van der Waals surface area contributed by atoms with E-state index in [1.807, 2.05) is 12.1 Å². The van der Waals surface area contributed by atoms with Gasteiger partial charge < -0.3 is 0 Å². The predicted octanol–water partition coefficient (Wildman–Crippen LogP) is 7.57. The van der Waals surface area contributed by atoms with Gasteiger partial charge in [0.25, 0.3) is 0 Å². The Morgan fingerprint density at radius 2 is 1.45 bits per heavy atom. The number of rotatable bonds is 9. The summed E-state index contributed by atoms with van der Waals surface area (Å²) in [5.74, 6) is 0. The third kappa shape index (κ3) is 6.80. The van der Waals surface area contributed by atoms with Crippen molar-refractivity contribution in [1.82, 2.24) is 9.80 Å². The van der Waals surface area contributed by atoms with Crippen molar-refractivity contribution in [2.24, 2.45) is 0 Å². The zero-order valence-electron chi connectivity index (χ0n) is 19.7. The maximum Gasteiger partial charge on any atom is 0.0406 e. The van der Waals surface area contributed by atoms with Crippen molar-refractivity contribution in [2.45, 2.75) is 32.2 Å². The Balaban J connectivity index is 1.36. The standard InChI is InChI=1S/C30H35ClN2/c1-2-3-11-30(28-14-12-26(13-15-28)27-16-18-29(31)19-17-27)33-23-21-32(22-24-33)20-7-10-25-8-5-4-6-9-25/h4-10,12-19,30H,2-3,11,20-24H2,1H3. The largest absolute Gasteiger partial charge is 0.297 e. The van der Waals surface area contributed by atoms with Gasteiger partial charge >= 0.3 is 0 Å². The smallest absolute Gasteiger partial charge is 0.0406 e. The number of nitrogens with zero attached hydrogens (tertiary/aromatic N) is 2. The maximum absolute atomic E-state index is 6.05. The normalized spacial score (nSPS) is 16.3.